The Balaban J connectivity index is 1.82. The van der Waals surface area contributed by atoms with Crippen molar-refractivity contribution in [3.05, 3.63) is 46.5 Å². The first-order chi connectivity index (χ1) is 11.2. The summed E-state index contributed by atoms with van der Waals surface area (Å²) in [4.78, 5) is 31.1. The molecule has 0 bridgehead atoms. The van der Waals surface area contributed by atoms with Gasteiger partial charge in [-0.3, -0.25) is 14.0 Å². The summed E-state index contributed by atoms with van der Waals surface area (Å²) in [5.41, 5.74) is 0.332. The number of aromatic nitrogens is 2. The van der Waals surface area contributed by atoms with Crippen LogP contribution in [0.15, 0.2) is 35.4 Å². The second-order valence-electron chi connectivity index (χ2n) is 5.79. The van der Waals surface area contributed by atoms with Gasteiger partial charge in [-0.15, -0.1) is 0 Å². The quantitative estimate of drug-likeness (QED) is 0.862. The predicted octanol–water partition coefficient (Wildman–Crippen LogP) is 1.73. The molecule has 1 aliphatic rings. The maximum atomic E-state index is 12.7. The van der Waals surface area contributed by atoms with Gasteiger partial charge in [0.05, 0.1) is 6.10 Å². The smallest absolute Gasteiger partial charge is 0.270 e. The summed E-state index contributed by atoms with van der Waals surface area (Å²) >= 11 is 0. The number of likely N-dealkylation sites (tertiary alicyclic amines) is 1. The molecule has 23 heavy (non-hydrogen) atoms. The van der Waals surface area contributed by atoms with Crippen molar-refractivity contribution in [2.75, 3.05) is 19.7 Å². The van der Waals surface area contributed by atoms with Gasteiger partial charge >= 0.3 is 0 Å². The second-order valence-corrected chi connectivity index (χ2v) is 5.79. The normalized spacial score (nSPS) is 18.3. The minimum absolute atomic E-state index is 0.0591. The van der Waals surface area contributed by atoms with Gasteiger partial charge in [-0.25, -0.2) is 4.98 Å². The van der Waals surface area contributed by atoms with E-state index >= 15 is 0 Å². The van der Waals surface area contributed by atoms with E-state index in [4.69, 9.17) is 4.74 Å². The van der Waals surface area contributed by atoms with Crippen LogP contribution in [-0.2, 0) is 4.74 Å². The Kier molecular flexibility index (Phi) is 4.71. The largest absolute Gasteiger partial charge is 0.376 e. The fraction of sp³-hybridized carbons (Fsp3) is 0.471. The van der Waals surface area contributed by atoms with Crippen LogP contribution in [0.3, 0.4) is 0 Å². The van der Waals surface area contributed by atoms with Crippen LogP contribution in [0.25, 0.3) is 5.65 Å². The van der Waals surface area contributed by atoms with Crippen LogP contribution < -0.4 is 5.56 Å². The number of hydrogen-bond donors (Lipinski definition) is 0. The van der Waals surface area contributed by atoms with Crippen molar-refractivity contribution >= 4 is 11.6 Å². The van der Waals surface area contributed by atoms with Crippen LogP contribution >= 0.6 is 0 Å². The molecule has 1 fully saturated rings. The average molecular weight is 315 g/mol. The summed E-state index contributed by atoms with van der Waals surface area (Å²) in [5, 5.41) is 0. The van der Waals surface area contributed by atoms with Crippen LogP contribution in [0.1, 0.15) is 36.5 Å². The molecule has 0 aromatic carbocycles. The molecule has 3 rings (SSSR count). The van der Waals surface area contributed by atoms with Crippen molar-refractivity contribution in [1.29, 1.82) is 0 Å². The highest BCUT2D eigenvalue weighted by atomic mass is 16.5. The molecule has 1 amide bonds. The third-order valence-electron chi connectivity index (χ3n) is 4.07. The van der Waals surface area contributed by atoms with Gasteiger partial charge in [0.1, 0.15) is 11.2 Å². The molecule has 1 saturated heterocycles. The molecule has 0 N–H and O–H groups in total. The summed E-state index contributed by atoms with van der Waals surface area (Å²) in [5.74, 6) is -0.259. The third kappa shape index (κ3) is 3.27. The topological polar surface area (TPSA) is 63.9 Å². The van der Waals surface area contributed by atoms with E-state index in [0.29, 0.717) is 25.3 Å². The molecule has 3 heterocycles. The number of amides is 1. The highest BCUT2D eigenvalue weighted by Crippen LogP contribution is 2.15. The number of carbonyl (C=O) groups is 1. The summed E-state index contributed by atoms with van der Waals surface area (Å²) in [6.07, 6.45) is 5.88. The molecule has 0 unspecified atom stereocenters. The van der Waals surface area contributed by atoms with Crippen LogP contribution in [0.5, 0.6) is 0 Å². The Morgan fingerprint density at radius 3 is 3.13 bits per heavy atom. The molecule has 1 atom stereocenters. The second kappa shape index (κ2) is 6.91. The first kappa shape index (κ1) is 15.7. The number of nitrogens with zero attached hydrogens (tertiary/aromatic N) is 3. The van der Waals surface area contributed by atoms with Crippen LogP contribution in [0.2, 0.25) is 0 Å². The van der Waals surface area contributed by atoms with Crippen molar-refractivity contribution in [2.24, 2.45) is 0 Å². The molecular weight excluding hydrogens is 294 g/mol. The number of fused-ring (bicyclic) bond motifs is 1. The SMILES string of the molecule is CCCO[C@@H]1CCCN(C(=O)c2cnc3ccccn3c2=O)C1. The predicted molar refractivity (Wildman–Crippen MR) is 86.6 cm³/mol. The highest BCUT2D eigenvalue weighted by Gasteiger charge is 2.26. The lowest BCUT2D eigenvalue weighted by Crippen LogP contribution is -2.45. The van der Waals surface area contributed by atoms with E-state index < -0.39 is 0 Å². The fourth-order valence-corrected chi connectivity index (χ4v) is 2.89. The van der Waals surface area contributed by atoms with Gasteiger partial charge in [-0.05, 0) is 31.4 Å². The van der Waals surface area contributed by atoms with E-state index in [9.17, 15) is 9.59 Å². The zero-order chi connectivity index (χ0) is 16.2. The van der Waals surface area contributed by atoms with Gasteiger partial charge in [-0.2, -0.15) is 0 Å². The number of piperidine rings is 1. The Hall–Kier alpha value is -2.21. The van der Waals surface area contributed by atoms with E-state index in [1.54, 1.807) is 23.2 Å². The van der Waals surface area contributed by atoms with Gasteiger partial charge < -0.3 is 9.64 Å². The van der Waals surface area contributed by atoms with Crippen LogP contribution in [-0.4, -0.2) is 46.0 Å². The molecular formula is C17H21N3O3. The van der Waals surface area contributed by atoms with E-state index in [1.807, 2.05) is 6.07 Å². The van der Waals surface area contributed by atoms with E-state index in [2.05, 4.69) is 11.9 Å². The van der Waals surface area contributed by atoms with Crippen molar-refractivity contribution in [2.45, 2.75) is 32.3 Å². The maximum absolute atomic E-state index is 12.7. The first-order valence-electron chi connectivity index (χ1n) is 8.08. The minimum atomic E-state index is -0.322. The molecule has 0 spiro atoms. The van der Waals surface area contributed by atoms with E-state index in [1.165, 1.54) is 10.6 Å². The summed E-state index contributed by atoms with van der Waals surface area (Å²) in [6.45, 7) is 3.96. The molecule has 1 aliphatic heterocycles. The average Bonchev–Trinajstić information content (AvgIpc) is 2.60. The molecule has 2 aromatic heterocycles. The molecule has 2 aromatic rings. The molecule has 0 radical (unpaired) electrons. The Labute approximate surface area is 134 Å². The monoisotopic (exact) mass is 315 g/mol. The van der Waals surface area contributed by atoms with Gasteiger partial charge in [0, 0.05) is 32.1 Å². The molecule has 6 heteroatoms. The number of ether oxygens (including phenoxy) is 1. The fourth-order valence-electron chi connectivity index (χ4n) is 2.89. The van der Waals surface area contributed by atoms with Crippen LogP contribution in [0.4, 0.5) is 0 Å². The third-order valence-corrected chi connectivity index (χ3v) is 4.07. The van der Waals surface area contributed by atoms with Crippen molar-refractivity contribution in [3.8, 4) is 0 Å². The molecule has 122 valence electrons. The zero-order valence-electron chi connectivity index (χ0n) is 13.3. The maximum Gasteiger partial charge on any atom is 0.270 e. The Morgan fingerprint density at radius 2 is 2.30 bits per heavy atom. The highest BCUT2D eigenvalue weighted by molar-refractivity contribution is 5.93. The lowest BCUT2D eigenvalue weighted by atomic mass is 10.1. The Morgan fingerprint density at radius 1 is 1.43 bits per heavy atom. The van der Waals surface area contributed by atoms with E-state index in [0.717, 1.165) is 19.3 Å². The zero-order valence-corrected chi connectivity index (χ0v) is 13.3. The first-order valence-corrected chi connectivity index (χ1v) is 8.08. The number of pyridine rings is 1. The van der Waals surface area contributed by atoms with Crippen molar-refractivity contribution in [1.82, 2.24) is 14.3 Å². The van der Waals surface area contributed by atoms with Gasteiger partial charge in [0.15, 0.2) is 0 Å². The van der Waals surface area contributed by atoms with Crippen molar-refractivity contribution < 1.29 is 9.53 Å². The standard InChI is InChI=1S/C17H21N3O3/c1-2-10-23-13-6-5-8-19(12-13)16(21)14-11-18-15-7-3-4-9-20(15)17(14)22/h3-4,7,9,11,13H,2,5-6,8,10,12H2,1H3/t13-/m1/s1. The van der Waals surface area contributed by atoms with Crippen molar-refractivity contribution in [3.63, 3.8) is 0 Å². The van der Waals surface area contributed by atoms with Gasteiger partial charge in [-0.1, -0.05) is 13.0 Å². The lowest BCUT2D eigenvalue weighted by Gasteiger charge is -2.32. The number of hydrogen-bond acceptors (Lipinski definition) is 4. The number of carbonyl (C=O) groups excluding carboxylic acids is 1. The number of rotatable bonds is 4. The summed E-state index contributed by atoms with van der Waals surface area (Å²) in [6, 6.07) is 5.30. The molecule has 0 saturated carbocycles. The Bertz CT molecular complexity index is 756. The molecule has 6 nitrogen and oxygen atoms in total. The van der Waals surface area contributed by atoms with Gasteiger partial charge in [0.2, 0.25) is 0 Å². The van der Waals surface area contributed by atoms with E-state index in [-0.39, 0.29) is 23.1 Å². The minimum Gasteiger partial charge on any atom is -0.376 e. The van der Waals surface area contributed by atoms with Gasteiger partial charge in [0.25, 0.3) is 11.5 Å². The summed E-state index contributed by atoms with van der Waals surface area (Å²) in [7, 11) is 0. The molecule has 0 aliphatic carbocycles. The lowest BCUT2D eigenvalue weighted by molar-refractivity contribution is 0.00203. The van der Waals surface area contributed by atoms with Crippen LogP contribution in [0, 0.1) is 0 Å². The summed E-state index contributed by atoms with van der Waals surface area (Å²) < 4.78 is 7.16.